The molecule has 0 aromatic heterocycles. The van der Waals surface area contributed by atoms with Crippen molar-refractivity contribution in [3.63, 3.8) is 0 Å². The first-order valence-corrected chi connectivity index (χ1v) is 8.19. The maximum atomic E-state index is 3.69. The second-order valence-electron chi connectivity index (χ2n) is 6.48. The lowest BCUT2D eigenvalue weighted by molar-refractivity contribution is 0.183. The SMILES string of the molecule is CCN1CCC(C(C)Nc2ccc(C(C)C)cc2)CC1. The number of hydrogen-bond acceptors (Lipinski definition) is 2. The topological polar surface area (TPSA) is 15.3 Å². The van der Waals surface area contributed by atoms with Crippen molar-refractivity contribution in [1.82, 2.24) is 4.90 Å². The van der Waals surface area contributed by atoms with Gasteiger partial charge in [-0.2, -0.15) is 0 Å². The van der Waals surface area contributed by atoms with E-state index in [1.54, 1.807) is 0 Å². The van der Waals surface area contributed by atoms with Gasteiger partial charge in [-0.05, 0) is 68.9 Å². The number of piperidine rings is 1. The highest BCUT2D eigenvalue weighted by molar-refractivity contribution is 5.46. The van der Waals surface area contributed by atoms with Gasteiger partial charge < -0.3 is 10.2 Å². The Bertz CT molecular complexity index is 388. The molecule has 0 saturated carbocycles. The van der Waals surface area contributed by atoms with E-state index in [4.69, 9.17) is 0 Å². The van der Waals surface area contributed by atoms with E-state index < -0.39 is 0 Å². The van der Waals surface area contributed by atoms with Crippen molar-refractivity contribution in [2.45, 2.75) is 52.5 Å². The highest BCUT2D eigenvalue weighted by Gasteiger charge is 2.22. The van der Waals surface area contributed by atoms with Gasteiger partial charge in [0.15, 0.2) is 0 Å². The van der Waals surface area contributed by atoms with Gasteiger partial charge >= 0.3 is 0 Å². The molecule has 112 valence electrons. The largest absolute Gasteiger partial charge is 0.382 e. The molecule has 1 N–H and O–H groups in total. The van der Waals surface area contributed by atoms with Crippen molar-refractivity contribution in [2.24, 2.45) is 5.92 Å². The van der Waals surface area contributed by atoms with Crippen LogP contribution in [0.3, 0.4) is 0 Å². The van der Waals surface area contributed by atoms with E-state index in [0.717, 1.165) is 5.92 Å². The molecule has 1 heterocycles. The molecule has 0 amide bonds. The first-order valence-electron chi connectivity index (χ1n) is 8.19. The predicted molar refractivity (Wildman–Crippen MR) is 88.5 cm³/mol. The van der Waals surface area contributed by atoms with E-state index in [9.17, 15) is 0 Å². The fourth-order valence-corrected chi connectivity index (χ4v) is 3.11. The molecule has 1 aromatic carbocycles. The zero-order valence-electron chi connectivity index (χ0n) is 13.5. The molecule has 0 spiro atoms. The van der Waals surface area contributed by atoms with Crippen LogP contribution < -0.4 is 5.32 Å². The summed E-state index contributed by atoms with van der Waals surface area (Å²) < 4.78 is 0. The molecule has 1 saturated heterocycles. The number of nitrogens with zero attached hydrogens (tertiary/aromatic N) is 1. The zero-order valence-corrected chi connectivity index (χ0v) is 13.5. The van der Waals surface area contributed by atoms with E-state index in [1.165, 1.54) is 43.7 Å². The third-order valence-electron chi connectivity index (χ3n) is 4.76. The van der Waals surface area contributed by atoms with E-state index in [0.29, 0.717) is 12.0 Å². The number of benzene rings is 1. The van der Waals surface area contributed by atoms with E-state index >= 15 is 0 Å². The lowest BCUT2D eigenvalue weighted by Crippen LogP contribution is -2.39. The van der Waals surface area contributed by atoms with Crippen LogP contribution in [0.5, 0.6) is 0 Å². The average Bonchev–Trinajstić information content (AvgIpc) is 2.48. The Morgan fingerprint density at radius 1 is 1.10 bits per heavy atom. The van der Waals surface area contributed by atoms with Gasteiger partial charge in [-0.1, -0.05) is 32.9 Å². The van der Waals surface area contributed by atoms with Crippen LogP contribution in [0.15, 0.2) is 24.3 Å². The summed E-state index contributed by atoms with van der Waals surface area (Å²) in [6.45, 7) is 12.8. The Kier molecular flexibility index (Phi) is 5.47. The fraction of sp³-hybridized carbons (Fsp3) is 0.667. The van der Waals surface area contributed by atoms with Crippen molar-refractivity contribution in [3.8, 4) is 0 Å². The Hall–Kier alpha value is -1.02. The van der Waals surface area contributed by atoms with Gasteiger partial charge in [-0.3, -0.25) is 0 Å². The number of anilines is 1. The maximum Gasteiger partial charge on any atom is 0.0342 e. The van der Waals surface area contributed by atoms with Crippen LogP contribution in [-0.2, 0) is 0 Å². The minimum atomic E-state index is 0.568. The Morgan fingerprint density at radius 2 is 1.70 bits per heavy atom. The molecule has 0 radical (unpaired) electrons. The normalized spacial score (nSPS) is 19.2. The first-order chi connectivity index (χ1) is 9.60. The molecule has 1 fully saturated rings. The summed E-state index contributed by atoms with van der Waals surface area (Å²) in [5.74, 6) is 1.42. The maximum absolute atomic E-state index is 3.69. The molecule has 2 rings (SSSR count). The lowest BCUT2D eigenvalue weighted by Gasteiger charge is -2.34. The molecule has 2 heteroatoms. The fourth-order valence-electron chi connectivity index (χ4n) is 3.11. The summed E-state index contributed by atoms with van der Waals surface area (Å²) in [7, 11) is 0. The monoisotopic (exact) mass is 274 g/mol. The minimum Gasteiger partial charge on any atom is -0.382 e. The van der Waals surface area contributed by atoms with E-state index in [2.05, 4.69) is 62.2 Å². The standard InChI is InChI=1S/C18H30N2/c1-5-20-12-10-17(11-13-20)15(4)19-18-8-6-16(7-9-18)14(2)3/h6-9,14-15,17,19H,5,10-13H2,1-4H3. The van der Waals surface area contributed by atoms with Gasteiger partial charge in [0.05, 0.1) is 0 Å². The molecule has 1 unspecified atom stereocenters. The highest BCUT2D eigenvalue weighted by atomic mass is 15.1. The number of rotatable bonds is 5. The summed E-state index contributed by atoms with van der Waals surface area (Å²) in [5, 5.41) is 3.69. The van der Waals surface area contributed by atoms with E-state index in [-0.39, 0.29) is 0 Å². The van der Waals surface area contributed by atoms with Gasteiger partial charge in [-0.25, -0.2) is 0 Å². The molecule has 0 bridgehead atoms. The quantitative estimate of drug-likeness (QED) is 0.859. The number of likely N-dealkylation sites (tertiary alicyclic amines) is 1. The molecule has 1 aliphatic heterocycles. The first kappa shape index (κ1) is 15.4. The molecular weight excluding hydrogens is 244 g/mol. The second kappa shape index (κ2) is 7.12. The molecule has 2 nitrogen and oxygen atoms in total. The summed E-state index contributed by atoms with van der Waals surface area (Å²) in [5.41, 5.74) is 2.68. The smallest absolute Gasteiger partial charge is 0.0342 e. The Balaban J connectivity index is 1.86. The summed E-state index contributed by atoms with van der Waals surface area (Å²) in [6, 6.07) is 9.53. The van der Waals surface area contributed by atoms with Crippen molar-refractivity contribution in [3.05, 3.63) is 29.8 Å². The van der Waals surface area contributed by atoms with Gasteiger partial charge in [0.2, 0.25) is 0 Å². The van der Waals surface area contributed by atoms with Crippen LogP contribution in [0.2, 0.25) is 0 Å². The Morgan fingerprint density at radius 3 is 2.20 bits per heavy atom. The van der Waals surface area contributed by atoms with Gasteiger partial charge in [0.25, 0.3) is 0 Å². The second-order valence-corrected chi connectivity index (χ2v) is 6.48. The van der Waals surface area contributed by atoms with Crippen LogP contribution in [0.4, 0.5) is 5.69 Å². The third-order valence-corrected chi connectivity index (χ3v) is 4.76. The highest BCUT2D eigenvalue weighted by Crippen LogP contribution is 2.24. The number of nitrogens with one attached hydrogen (secondary N) is 1. The molecule has 1 aromatic rings. The van der Waals surface area contributed by atoms with Gasteiger partial charge in [0.1, 0.15) is 0 Å². The van der Waals surface area contributed by atoms with Crippen LogP contribution in [-0.4, -0.2) is 30.6 Å². The summed E-state index contributed by atoms with van der Waals surface area (Å²) >= 11 is 0. The minimum absolute atomic E-state index is 0.568. The average molecular weight is 274 g/mol. The van der Waals surface area contributed by atoms with Crippen molar-refractivity contribution < 1.29 is 0 Å². The zero-order chi connectivity index (χ0) is 14.5. The van der Waals surface area contributed by atoms with Crippen LogP contribution in [0, 0.1) is 5.92 Å². The summed E-state index contributed by atoms with van der Waals surface area (Å²) in [6.07, 6.45) is 2.65. The number of hydrogen-bond donors (Lipinski definition) is 1. The Labute approximate surface area is 124 Å². The van der Waals surface area contributed by atoms with Crippen molar-refractivity contribution in [2.75, 3.05) is 25.0 Å². The molecular formula is C18H30N2. The van der Waals surface area contributed by atoms with Crippen molar-refractivity contribution in [1.29, 1.82) is 0 Å². The molecule has 0 aliphatic carbocycles. The lowest BCUT2D eigenvalue weighted by atomic mass is 9.90. The van der Waals surface area contributed by atoms with Crippen LogP contribution in [0.1, 0.15) is 52.0 Å². The van der Waals surface area contributed by atoms with Gasteiger partial charge in [-0.15, -0.1) is 0 Å². The molecule has 1 atom stereocenters. The third kappa shape index (κ3) is 3.99. The van der Waals surface area contributed by atoms with Crippen LogP contribution >= 0.6 is 0 Å². The van der Waals surface area contributed by atoms with E-state index in [1.807, 2.05) is 0 Å². The van der Waals surface area contributed by atoms with Crippen LogP contribution in [0.25, 0.3) is 0 Å². The summed E-state index contributed by atoms with van der Waals surface area (Å²) in [4.78, 5) is 2.56. The molecule has 1 aliphatic rings. The predicted octanol–water partition coefficient (Wildman–Crippen LogP) is 4.34. The molecule has 20 heavy (non-hydrogen) atoms. The van der Waals surface area contributed by atoms with Crippen molar-refractivity contribution >= 4 is 5.69 Å². The van der Waals surface area contributed by atoms with Gasteiger partial charge in [0, 0.05) is 11.7 Å².